The van der Waals surface area contributed by atoms with Crippen molar-refractivity contribution in [3.63, 3.8) is 0 Å². The molecule has 328 valence electrons. The first-order valence-corrected chi connectivity index (χ1v) is 26.2. The molecule has 3 heterocycles. The van der Waals surface area contributed by atoms with Crippen molar-refractivity contribution in [2.75, 3.05) is 0 Å². The molecule has 0 N–H and O–H groups in total. The minimum absolute atomic E-state index is 1.13. The first kappa shape index (κ1) is 40.1. The summed E-state index contributed by atoms with van der Waals surface area (Å²) in [6.07, 6.45) is 0. The largest absolute Gasteiger partial charge is 0.309 e. The maximum absolute atomic E-state index is 2.72. The van der Waals surface area contributed by atoms with Crippen molar-refractivity contribution in [2.24, 2.45) is 0 Å². The Balaban J connectivity index is 0.981. The van der Waals surface area contributed by atoms with Crippen molar-refractivity contribution in [2.45, 2.75) is 0 Å². The van der Waals surface area contributed by atoms with E-state index in [1.165, 1.54) is 97.3 Å². The standard InChI is InChI=1S/C66H45N3Si/c1-5-21-47(22-6-1)67-61-36-18-15-31-57(61)65-53(32-19-37-63(65)67)46-39-44-62-58(45-46)55-30-14-17-35-60(55)69(62)64-38-20-33-56-54-29-13-16-34-59(54)68(66(56)64)48-40-42-52(43-41-48)70(49-23-7-2-8-24-49,50-25-9-3-10-26-50)51-27-11-4-12-28-51/h1-45H. The second-order valence-corrected chi connectivity index (χ2v) is 22.2. The van der Waals surface area contributed by atoms with E-state index in [2.05, 4.69) is 287 Å². The zero-order chi connectivity index (χ0) is 46.2. The van der Waals surface area contributed by atoms with Gasteiger partial charge in [-0.3, -0.25) is 0 Å². The molecule has 0 unspecified atom stereocenters. The van der Waals surface area contributed by atoms with Gasteiger partial charge < -0.3 is 13.7 Å². The van der Waals surface area contributed by atoms with Crippen molar-refractivity contribution < 1.29 is 0 Å². The van der Waals surface area contributed by atoms with Gasteiger partial charge in [0.05, 0.1) is 38.8 Å². The molecule has 3 nitrogen and oxygen atoms in total. The Morgan fingerprint density at radius 2 is 0.700 bits per heavy atom. The molecule has 0 saturated carbocycles. The number of rotatable bonds is 8. The van der Waals surface area contributed by atoms with Crippen LogP contribution in [0.15, 0.2) is 273 Å². The quantitative estimate of drug-likeness (QED) is 0.107. The zero-order valence-electron chi connectivity index (χ0n) is 38.3. The first-order valence-electron chi connectivity index (χ1n) is 24.2. The summed E-state index contributed by atoms with van der Waals surface area (Å²) in [6.45, 7) is 0. The van der Waals surface area contributed by atoms with Gasteiger partial charge in [-0.05, 0) is 98.6 Å². The Labute approximate surface area is 407 Å². The molecule has 3 aromatic heterocycles. The van der Waals surface area contributed by atoms with Gasteiger partial charge in [0.15, 0.2) is 8.07 Å². The molecule has 11 aromatic carbocycles. The number of hydrogen-bond acceptors (Lipinski definition) is 0. The molecule has 0 amide bonds. The topological polar surface area (TPSA) is 14.8 Å². The summed E-state index contributed by atoms with van der Waals surface area (Å²) in [7, 11) is -2.72. The van der Waals surface area contributed by atoms with Gasteiger partial charge in [0.25, 0.3) is 0 Å². The second-order valence-electron chi connectivity index (χ2n) is 18.4. The Hall–Kier alpha value is -8.96. The average Bonchev–Trinajstić information content (AvgIpc) is 4.08. The molecule has 14 rings (SSSR count). The highest BCUT2D eigenvalue weighted by molar-refractivity contribution is 7.19. The van der Waals surface area contributed by atoms with Crippen LogP contribution in [0.3, 0.4) is 0 Å². The van der Waals surface area contributed by atoms with Gasteiger partial charge in [0, 0.05) is 43.7 Å². The minimum atomic E-state index is -2.72. The predicted octanol–water partition coefficient (Wildman–Crippen LogP) is 14.0. The van der Waals surface area contributed by atoms with Crippen LogP contribution in [0.25, 0.3) is 93.6 Å². The highest BCUT2D eigenvalue weighted by Crippen LogP contribution is 2.43. The van der Waals surface area contributed by atoms with Gasteiger partial charge in [-0.1, -0.05) is 206 Å². The maximum Gasteiger partial charge on any atom is 0.179 e. The van der Waals surface area contributed by atoms with Crippen molar-refractivity contribution in [3.05, 3.63) is 273 Å². The van der Waals surface area contributed by atoms with Crippen LogP contribution in [0, 0.1) is 0 Å². The number of fused-ring (bicyclic) bond motifs is 9. The van der Waals surface area contributed by atoms with Gasteiger partial charge >= 0.3 is 0 Å². The number of benzene rings is 11. The molecular formula is C66H45N3Si. The number of hydrogen-bond donors (Lipinski definition) is 0. The molecule has 0 atom stereocenters. The maximum atomic E-state index is 2.50. The lowest BCUT2D eigenvalue weighted by Crippen LogP contribution is -2.74. The Morgan fingerprint density at radius 1 is 0.257 bits per heavy atom. The summed E-state index contributed by atoms with van der Waals surface area (Å²) in [4.78, 5) is 0. The third kappa shape index (κ3) is 5.94. The van der Waals surface area contributed by atoms with Gasteiger partial charge in [-0.2, -0.15) is 0 Å². The summed E-state index contributed by atoms with van der Waals surface area (Å²) in [6, 6.07) is 101. The second kappa shape index (κ2) is 16.1. The van der Waals surface area contributed by atoms with Crippen molar-refractivity contribution in [3.8, 4) is 28.2 Å². The predicted molar refractivity (Wildman–Crippen MR) is 299 cm³/mol. The lowest BCUT2D eigenvalue weighted by molar-refractivity contribution is 1.13. The Morgan fingerprint density at radius 3 is 1.33 bits per heavy atom. The first-order chi connectivity index (χ1) is 34.8. The molecule has 0 radical (unpaired) electrons. The molecule has 4 heteroatoms. The molecule has 0 fully saturated rings. The third-order valence-corrected chi connectivity index (χ3v) is 19.6. The zero-order valence-corrected chi connectivity index (χ0v) is 39.3. The monoisotopic (exact) mass is 907 g/mol. The normalized spacial score (nSPS) is 12.0. The molecule has 0 saturated heterocycles. The van der Waals surface area contributed by atoms with Gasteiger partial charge in [0.2, 0.25) is 0 Å². The molecule has 0 aliphatic carbocycles. The van der Waals surface area contributed by atoms with E-state index in [-0.39, 0.29) is 0 Å². The molecule has 0 aliphatic heterocycles. The van der Waals surface area contributed by atoms with Crippen molar-refractivity contribution >= 4 is 94.2 Å². The van der Waals surface area contributed by atoms with E-state index in [0.29, 0.717) is 0 Å². The smallest absolute Gasteiger partial charge is 0.179 e. The van der Waals surface area contributed by atoms with Crippen LogP contribution >= 0.6 is 0 Å². The molecule has 0 aliphatic rings. The summed E-state index contributed by atoms with van der Waals surface area (Å²) >= 11 is 0. The SMILES string of the molecule is c1ccc(-n2c3ccccc3c3c(-c4ccc5c(c4)c4ccccc4n5-c4cccc5c6ccccc6n(-c6ccc([Si](c7ccccc7)(c7ccccc7)c7ccccc7)cc6)c45)cccc32)cc1. The summed E-state index contributed by atoms with van der Waals surface area (Å²) in [5, 5.41) is 12.9. The highest BCUT2D eigenvalue weighted by Gasteiger charge is 2.41. The van der Waals surface area contributed by atoms with Crippen LogP contribution in [0.1, 0.15) is 0 Å². The van der Waals surface area contributed by atoms with Crippen LogP contribution in [0.5, 0.6) is 0 Å². The molecule has 70 heavy (non-hydrogen) atoms. The van der Waals surface area contributed by atoms with Crippen LogP contribution in [0.2, 0.25) is 0 Å². The van der Waals surface area contributed by atoms with E-state index < -0.39 is 8.07 Å². The molecule has 0 spiro atoms. The van der Waals surface area contributed by atoms with Crippen LogP contribution in [0.4, 0.5) is 0 Å². The highest BCUT2D eigenvalue weighted by atomic mass is 28.3. The minimum Gasteiger partial charge on any atom is -0.309 e. The summed E-state index contributed by atoms with van der Waals surface area (Å²) < 4.78 is 7.40. The number of aromatic nitrogens is 3. The van der Waals surface area contributed by atoms with Crippen LogP contribution < -0.4 is 20.7 Å². The van der Waals surface area contributed by atoms with E-state index >= 15 is 0 Å². The molecular weight excluding hydrogens is 863 g/mol. The average molecular weight is 908 g/mol. The summed E-state index contributed by atoms with van der Waals surface area (Å²) in [5.41, 5.74) is 13.0. The molecule has 0 bridgehead atoms. The van der Waals surface area contributed by atoms with E-state index in [1.54, 1.807) is 0 Å². The lowest BCUT2D eigenvalue weighted by Gasteiger charge is -2.34. The van der Waals surface area contributed by atoms with Crippen molar-refractivity contribution in [1.29, 1.82) is 0 Å². The van der Waals surface area contributed by atoms with E-state index in [1.807, 2.05) is 0 Å². The van der Waals surface area contributed by atoms with E-state index in [0.717, 1.165) is 17.1 Å². The van der Waals surface area contributed by atoms with Crippen LogP contribution in [-0.2, 0) is 0 Å². The van der Waals surface area contributed by atoms with E-state index in [9.17, 15) is 0 Å². The van der Waals surface area contributed by atoms with Gasteiger partial charge in [-0.25, -0.2) is 0 Å². The molecule has 14 aromatic rings. The fraction of sp³-hybridized carbons (Fsp3) is 0. The fourth-order valence-electron chi connectivity index (χ4n) is 11.9. The summed E-state index contributed by atoms with van der Waals surface area (Å²) in [5.74, 6) is 0. The fourth-order valence-corrected chi connectivity index (χ4v) is 16.6. The lowest BCUT2D eigenvalue weighted by atomic mass is 9.98. The Kier molecular flexibility index (Phi) is 9.23. The number of para-hydroxylation sites is 5. The van der Waals surface area contributed by atoms with Gasteiger partial charge in [-0.15, -0.1) is 0 Å². The van der Waals surface area contributed by atoms with Crippen LogP contribution in [-0.4, -0.2) is 21.8 Å². The Bertz CT molecular complexity index is 4170. The van der Waals surface area contributed by atoms with Gasteiger partial charge in [0.1, 0.15) is 0 Å². The number of nitrogens with zero attached hydrogens (tertiary/aromatic N) is 3. The van der Waals surface area contributed by atoms with E-state index in [4.69, 9.17) is 0 Å². The van der Waals surface area contributed by atoms with Crippen molar-refractivity contribution in [1.82, 2.24) is 13.7 Å². The third-order valence-electron chi connectivity index (χ3n) is 14.8.